The summed E-state index contributed by atoms with van der Waals surface area (Å²) in [6.45, 7) is 4.24. The Kier molecular flexibility index (Phi) is 3.43. The SMILES string of the molecule is COc1cc(-c2ccccc2)cnc1C(C)C. The van der Waals surface area contributed by atoms with Crippen molar-refractivity contribution >= 4 is 0 Å². The van der Waals surface area contributed by atoms with E-state index in [1.165, 1.54) is 0 Å². The van der Waals surface area contributed by atoms with Crippen LogP contribution in [0.4, 0.5) is 0 Å². The Morgan fingerprint density at radius 1 is 1.06 bits per heavy atom. The number of rotatable bonds is 3. The maximum Gasteiger partial charge on any atom is 0.141 e. The summed E-state index contributed by atoms with van der Waals surface area (Å²) in [4.78, 5) is 4.50. The molecule has 0 unspecified atom stereocenters. The highest BCUT2D eigenvalue weighted by Gasteiger charge is 2.10. The molecule has 0 N–H and O–H groups in total. The maximum atomic E-state index is 5.41. The molecule has 0 fully saturated rings. The summed E-state index contributed by atoms with van der Waals surface area (Å²) < 4.78 is 5.41. The van der Waals surface area contributed by atoms with Crippen LogP contribution in [-0.4, -0.2) is 12.1 Å². The van der Waals surface area contributed by atoms with Crippen molar-refractivity contribution in [2.24, 2.45) is 0 Å². The van der Waals surface area contributed by atoms with Gasteiger partial charge in [-0.15, -0.1) is 0 Å². The van der Waals surface area contributed by atoms with Gasteiger partial charge in [-0.1, -0.05) is 44.2 Å². The first-order valence-electron chi connectivity index (χ1n) is 5.81. The molecule has 0 radical (unpaired) electrons. The molecule has 0 saturated carbocycles. The Balaban J connectivity index is 2.45. The first kappa shape index (κ1) is 11.6. The lowest BCUT2D eigenvalue weighted by Crippen LogP contribution is -1.98. The van der Waals surface area contributed by atoms with E-state index in [2.05, 4.69) is 37.0 Å². The van der Waals surface area contributed by atoms with Crippen molar-refractivity contribution < 1.29 is 4.74 Å². The fourth-order valence-electron chi connectivity index (χ4n) is 1.84. The molecule has 0 aliphatic rings. The van der Waals surface area contributed by atoms with Crippen molar-refractivity contribution in [3.63, 3.8) is 0 Å². The topological polar surface area (TPSA) is 22.1 Å². The molecule has 0 spiro atoms. The molecule has 0 atom stereocenters. The molecule has 2 rings (SSSR count). The highest BCUT2D eigenvalue weighted by atomic mass is 16.5. The van der Waals surface area contributed by atoms with E-state index in [1.54, 1.807) is 7.11 Å². The zero-order chi connectivity index (χ0) is 12.3. The Bertz CT molecular complexity index is 492. The largest absolute Gasteiger partial charge is 0.495 e. The molecule has 1 heterocycles. The second kappa shape index (κ2) is 5.00. The van der Waals surface area contributed by atoms with Crippen molar-refractivity contribution in [3.05, 3.63) is 48.3 Å². The number of nitrogens with zero attached hydrogens (tertiary/aromatic N) is 1. The molecule has 2 aromatic rings. The van der Waals surface area contributed by atoms with Crippen LogP contribution in [0.5, 0.6) is 5.75 Å². The molecule has 0 aliphatic carbocycles. The van der Waals surface area contributed by atoms with E-state index >= 15 is 0 Å². The molecule has 0 saturated heterocycles. The fourth-order valence-corrected chi connectivity index (χ4v) is 1.84. The summed E-state index contributed by atoms with van der Waals surface area (Å²) in [5.41, 5.74) is 3.26. The highest BCUT2D eigenvalue weighted by Crippen LogP contribution is 2.29. The number of hydrogen-bond donors (Lipinski definition) is 0. The van der Waals surface area contributed by atoms with E-state index in [0.29, 0.717) is 5.92 Å². The third-order valence-corrected chi connectivity index (χ3v) is 2.76. The van der Waals surface area contributed by atoms with Gasteiger partial charge in [0.15, 0.2) is 0 Å². The summed E-state index contributed by atoms with van der Waals surface area (Å²) in [6.07, 6.45) is 1.91. The van der Waals surface area contributed by atoms with Gasteiger partial charge in [0.05, 0.1) is 12.8 Å². The molecule has 1 aromatic heterocycles. The smallest absolute Gasteiger partial charge is 0.141 e. The second-order valence-electron chi connectivity index (χ2n) is 4.33. The predicted octanol–water partition coefficient (Wildman–Crippen LogP) is 3.88. The Labute approximate surface area is 102 Å². The maximum absolute atomic E-state index is 5.41. The van der Waals surface area contributed by atoms with E-state index in [0.717, 1.165) is 22.6 Å². The van der Waals surface area contributed by atoms with Gasteiger partial charge < -0.3 is 4.74 Å². The predicted molar refractivity (Wildman–Crippen MR) is 70.3 cm³/mol. The summed E-state index contributed by atoms with van der Waals surface area (Å²) in [6, 6.07) is 12.3. The summed E-state index contributed by atoms with van der Waals surface area (Å²) >= 11 is 0. The minimum atomic E-state index is 0.370. The van der Waals surface area contributed by atoms with E-state index < -0.39 is 0 Å². The zero-order valence-electron chi connectivity index (χ0n) is 10.5. The lowest BCUT2D eigenvalue weighted by molar-refractivity contribution is 0.404. The van der Waals surface area contributed by atoms with Crippen LogP contribution in [0, 0.1) is 0 Å². The van der Waals surface area contributed by atoms with Gasteiger partial charge in [0.2, 0.25) is 0 Å². The molecule has 88 valence electrons. The van der Waals surface area contributed by atoms with Crippen LogP contribution in [0.15, 0.2) is 42.6 Å². The molecular formula is C15H17NO. The van der Waals surface area contributed by atoms with Crippen LogP contribution in [0.2, 0.25) is 0 Å². The van der Waals surface area contributed by atoms with Gasteiger partial charge in [0, 0.05) is 11.8 Å². The van der Waals surface area contributed by atoms with Gasteiger partial charge >= 0.3 is 0 Å². The summed E-state index contributed by atoms with van der Waals surface area (Å²) in [7, 11) is 1.69. The second-order valence-corrected chi connectivity index (χ2v) is 4.33. The number of methoxy groups -OCH3 is 1. The van der Waals surface area contributed by atoms with E-state index in [-0.39, 0.29) is 0 Å². The average Bonchev–Trinajstić information content (AvgIpc) is 2.39. The minimum Gasteiger partial charge on any atom is -0.495 e. The van der Waals surface area contributed by atoms with Crippen molar-refractivity contribution in [2.75, 3.05) is 7.11 Å². The third kappa shape index (κ3) is 2.47. The minimum absolute atomic E-state index is 0.370. The molecule has 17 heavy (non-hydrogen) atoms. The van der Waals surface area contributed by atoms with Gasteiger partial charge in [-0.3, -0.25) is 4.98 Å². The van der Waals surface area contributed by atoms with Crippen LogP contribution in [-0.2, 0) is 0 Å². The van der Waals surface area contributed by atoms with Crippen LogP contribution < -0.4 is 4.74 Å². The summed E-state index contributed by atoms with van der Waals surface area (Å²) in [5.74, 6) is 1.23. The van der Waals surface area contributed by atoms with Gasteiger partial charge in [0.1, 0.15) is 5.75 Å². The van der Waals surface area contributed by atoms with Crippen molar-refractivity contribution in [3.8, 4) is 16.9 Å². The fraction of sp³-hybridized carbons (Fsp3) is 0.267. The van der Waals surface area contributed by atoms with E-state index in [4.69, 9.17) is 4.74 Å². The Morgan fingerprint density at radius 2 is 1.76 bits per heavy atom. The van der Waals surface area contributed by atoms with Crippen LogP contribution >= 0.6 is 0 Å². The van der Waals surface area contributed by atoms with Crippen LogP contribution in [0.1, 0.15) is 25.5 Å². The molecule has 0 amide bonds. The summed E-state index contributed by atoms with van der Waals surface area (Å²) in [5, 5.41) is 0. The lowest BCUT2D eigenvalue weighted by atomic mass is 10.0. The number of pyridine rings is 1. The van der Waals surface area contributed by atoms with Crippen molar-refractivity contribution in [1.29, 1.82) is 0 Å². The molecular weight excluding hydrogens is 210 g/mol. The van der Waals surface area contributed by atoms with E-state index in [1.807, 2.05) is 24.4 Å². The normalized spacial score (nSPS) is 10.6. The standard InChI is InChI=1S/C15H17NO/c1-11(2)15-14(17-3)9-13(10-16-15)12-7-5-4-6-8-12/h4-11H,1-3H3. The first-order valence-corrected chi connectivity index (χ1v) is 5.81. The molecule has 0 aliphatic heterocycles. The van der Waals surface area contributed by atoms with Crippen molar-refractivity contribution in [2.45, 2.75) is 19.8 Å². The first-order chi connectivity index (χ1) is 8.22. The van der Waals surface area contributed by atoms with Gasteiger partial charge in [0.25, 0.3) is 0 Å². The van der Waals surface area contributed by atoms with E-state index in [9.17, 15) is 0 Å². The number of hydrogen-bond acceptors (Lipinski definition) is 2. The number of benzene rings is 1. The van der Waals surface area contributed by atoms with Crippen LogP contribution in [0.3, 0.4) is 0 Å². The molecule has 2 heteroatoms. The quantitative estimate of drug-likeness (QED) is 0.793. The highest BCUT2D eigenvalue weighted by molar-refractivity contribution is 5.64. The lowest BCUT2D eigenvalue weighted by Gasteiger charge is -2.12. The van der Waals surface area contributed by atoms with Crippen molar-refractivity contribution in [1.82, 2.24) is 4.98 Å². The number of aromatic nitrogens is 1. The van der Waals surface area contributed by atoms with Gasteiger partial charge in [-0.05, 0) is 17.5 Å². The molecule has 1 aromatic carbocycles. The molecule has 2 nitrogen and oxygen atoms in total. The van der Waals surface area contributed by atoms with Gasteiger partial charge in [-0.25, -0.2) is 0 Å². The number of ether oxygens (including phenoxy) is 1. The Morgan fingerprint density at radius 3 is 2.35 bits per heavy atom. The molecule has 0 bridgehead atoms. The van der Waals surface area contributed by atoms with Crippen LogP contribution in [0.25, 0.3) is 11.1 Å². The monoisotopic (exact) mass is 227 g/mol. The zero-order valence-corrected chi connectivity index (χ0v) is 10.5. The average molecular weight is 227 g/mol. The Hall–Kier alpha value is -1.83. The third-order valence-electron chi connectivity index (χ3n) is 2.76. The van der Waals surface area contributed by atoms with Gasteiger partial charge in [-0.2, -0.15) is 0 Å².